The van der Waals surface area contributed by atoms with Crippen molar-refractivity contribution in [1.29, 1.82) is 0 Å². The number of carbonyl (C=O) groups is 1. The molecule has 1 aliphatic carbocycles. The van der Waals surface area contributed by atoms with Gasteiger partial charge in [0.25, 0.3) is 11.4 Å². The second-order valence-electron chi connectivity index (χ2n) is 6.24. The van der Waals surface area contributed by atoms with Crippen LogP contribution in [0.2, 0.25) is 0 Å². The van der Waals surface area contributed by atoms with Gasteiger partial charge in [-0.25, -0.2) is 13.2 Å². The molecule has 13 heteroatoms. The van der Waals surface area contributed by atoms with Crippen LogP contribution < -0.4 is 29.6 Å². The molecule has 0 aliphatic heterocycles. The quantitative estimate of drug-likeness (QED) is 0.185. The van der Waals surface area contributed by atoms with Gasteiger partial charge in [0.1, 0.15) is 10.1 Å². The maximum atomic E-state index is 12.1. The second kappa shape index (κ2) is 10.3. The zero-order valence-corrected chi connectivity index (χ0v) is 18.0. The molecule has 0 unspecified atom stereocenters. The van der Waals surface area contributed by atoms with E-state index in [1.165, 1.54) is 6.42 Å². The van der Waals surface area contributed by atoms with Crippen molar-refractivity contribution in [3.8, 4) is 0 Å². The number of esters is 1. The molecule has 0 N–H and O–H groups in total. The van der Waals surface area contributed by atoms with Crippen LogP contribution in [0.25, 0.3) is 0 Å². The van der Waals surface area contributed by atoms with Gasteiger partial charge in [-0.1, -0.05) is 32.1 Å². The molecular weight excluding hydrogens is 407 g/mol. The van der Waals surface area contributed by atoms with Gasteiger partial charge in [-0.2, -0.15) is 0 Å². The fraction of sp³-hybridized carbons (Fsp3) is 0.533. The molecule has 1 aromatic rings. The molecule has 0 radical (unpaired) electrons. The van der Waals surface area contributed by atoms with Crippen molar-refractivity contribution in [3.05, 3.63) is 37.9 Å². The van der Waals surface area contributed by atoms with Crippen molar-refractivity contribution < 1.29 is 61.9 Å². The van der Waals surface area contributed by atoms with E-state index in [1.54, 1.807) is 0 Å². The predicted molar refractivity (Wildman–Crippen MR) is 89.2 cm³/mol. The summed E-state index contributed by atoms with van der Waals surface area (Å²) in [6, 6.07) is 1.00. The number of benzene rings is 1. The summed E-state index contributed by atoms with van der Waals surface area (Å²) in [6.45, 7) is 0.0344. The van der Waals surface area contributed by atoms with Crippen molar-refractivity contribution in [2.45, 2.75) is 43.4 Å². The van der Waals surface area contributed by atoms with Gasteiger partial charge in [0.05, 0.1) is 22.0 Å². The Morgan fingerprint density at radius 3 is 2.00 bits per heavy atom. The molecular formula is C15H17N2NaO9S. The zero-order valence-electron chi connectivity index (χ0n) is 15.2. The fourth-order valence-corrected chi connectivity index (χ4v) is 3.90. The van der Waals surface area contributed by atoms with Crippen LogP contribution >= 0.6 is 0 Å². The molecule has 0 heterocycles. The molecule has 28 heavy (non-hydrogen) atoms. The number of ether oxygens (including phenoxy) is 1. The van der Waals surface area contributed by atoms with E-state index < -0.39 is 47.8 Å². The summed E-state index contributed by atoms with van der Waals surface area (Å²) in [5, 5.41) is 22.1. The van der Waals surface area contributed by atoms with E-state index in [9.17, 15) is 38.0 Å². The smallest absolute Gasteiger partial charge is 0.744 e. The third kappa shape index (κ3) is 6.21. The van der Waals surface area contributed by atoms with Gasteiger partial charge in [0.2, 0.25) is 4.90 Å². The maximum Gasteiger partial charge on any atom is 1.00 e. The van der Waals surface area contributed by atoms with Gasteiger partial charge in [-0.05, 0) is 12.3 Å². The van der Waals surface area contributed by atoms with Crippen LogP contribution in [0, 0.1) is 26.1 Å². The first-order chi connectivity index (χ1) is 12.6. The van der Waals surface area contributed by atoms with Crippen LogP contribution in [0.5, 0.6) is 0 Å². The first-order valence-electron chi connectivity index (χ1n) is 8.21. The van der Waals surface area contributed by atoms with Gasteiger partial charge in [0, 0.05) is 12.1 Å². The van der Waals surface area contributed by atoms with E-state index in [1.807, 2.05) is 0 Å². The third-order valence-corrected chi connectivity index (χ3v) is 5.33. The molecule has 0 aromatic heterocycles. The topological polar surface area (TPSA) is 170 Å². The number of carbonyl (C=O) groups excluding carboxylic acids is 1. The van der Waals surface area contributed by atoms with Crippen LogP contribution in [0.4, 0.5) is 11.4 Å². The number of nitrogens with zero attached hydrogens (tertiary/aromatic N) is 2. The van der Waals surface area contributed by atoms with Crippen LogP contribution in [0.15, 0.2) is 17.0 Å². The number of hydrogen-bond donors (Lipinski definition) is 0. The number of rotatable bonds is 7. The van der Waals surface area contributed by atoms with Crippen molar-refractivity contribution in [2.75, 3.05) is 6.61 Å². The minimum absolute atomic E-state index is 0. The largest absolute Gasteiger partial charge is 1.00 e. The Morgan fingerprint density at radius 1 is 1.07 bits per heavy atom. The number of hydrogen-bond acceptors (Lipinski definition) is 9. The summed E-state index contributed by atoms with van der Waals surface area (Å²) < 4.78 is 38.7. The Morgan fingerprint density at radius 2 is 1.57 bits per heavy atom. The molecule has 1 saturated carbocycles. The molecule has 1 aliphatic rings. The Balaban J connectivity index is 0.00000392. The average molecular weight is 424 g/mol. The fourth-order valence-electron chi connectivity index (χ4n) is 3.12. The van der Waals surface area contributed by atoms with Crippen LogP contribution in [0.3, 0.4) is 0 Å². The SMILES string of the molecule is O=C(OCCC1CCCCC1)c1cc([N+](=O)[O-])c(S(=O)(=O)[O-])c([N+](=O)[O-])c1.[Na+]. The number of nitro benzene ring substituents is 2. The summed E-state index contributed by atoms with van der Waals surface area (Å²) in [5.74, 6) is -0.657. The first kappa shape index (κ1) is 24.4. The summed E-state index contributed by atoms with van der Waals surface area (Å²) in [4.78, 5) is 30.1. The summed E-state index contributed by atoms with van der Waals surface area (Å²) >= 11 is 0. The Kier molecular flexibility index (Phi) is 8.95. The summed E-state index contributed by atoms with van der Waals surface area (Å²) in [5.41, 5.74) is -3.23. The molecule has 2 rings (SSSR count). The molecule has 11 nitrogen and oxygen atoms in total. The monoisotopic (exact) mass is 424 g/mol. The molecule has 148 valence electrons. The van der Waals surface area contributed by atoms with E-state index in [4.69, 9.17) is 4.74 Å². The molecule has 1 fully saturated rings. The van der Waals surface area contributed by atoms with E-state index in [0.29, 0.717) is 24.5 Å². The molecule has 0 spiro atoms. The molecule has 0 atom stereocenters. The van der Waals surface area contributed by atoms with E-state index in [-0.39, 0.29) is 36.2 Å². The Labute approximate surface area is 182 Å². The molecule has 1 aromatic carbocycles. The average Bonchev–Trinajstić information content (AvgIpc) is 2.60. The van der Waals surface area contributed by atoms with E-state index in [0.717, 1.165) is 25.7 Å². The molecule has 0 amide bonds. The van der Waals surface area contributed by atoms with E-state index in [2.05, 4.69) is 0 Å². The Hall–Kier alpha value is -1.60. The summed E-state index contributed by atoms with van der Waals surface area (Å²) in [7, 11) is -5.51. The minimum atomic E-state index is -5.51. The van der Waals surface area contributed by atoms with Gasteiger partial charge >= 0.3 is 35.5 Å². The Bertz CT molecular complexity index is 831. The normalized spacial score (nSPS) is 14.8. The van der Waals surface area contributed by atoms with E-state index >= 15 is 0 Å². The van der Waals surface area contributed by atoms with Gasteiger partial charge in [0.15, 0.2) is 0 Å². The van der Waals surface area contributed by atoms with Crippen LogP contribution in [-0.2, 0) is 14.9 Å². The van der Waals surface area contributed by atoms with Crippen molar-refractivity contribution in [1.82, 2.24) is 0 Å². The minimum Gasteiger partial charge on any atom is -0.744 e. The predicted octanol–water partition coefficient (Wildman–Crippen LogP) is -0.462. The summed E-state index contributed by atoms with van der Waals surface area (Å²) in [6.07, 6.45) is 6.00. The van der Waals surface area contributed by atoms with Gasteiger partial charge in [-0.15, -0.1) is 0 Å². The van der Waals surface area contributed by atoms with Crippen molar-refractivity contribution in [3.63, 3.8) is 0 Å². The van der Waals surface area contributed by atoms with Gasteiger partial charge < -0.3 is 9.29 Å². The maximum absolute atomic E-state index is 12.1. The standard InChI is InChI=1S/C15H18N2O9S.Na/c18-15(26-7-6-10-4-2-1-3-5-10)11-8-12(16(19)20)14(27(23,24)25)13(9-11)17(21)22;/h8-10H,1-7H2,(H,23,24,25);/q;+1/p-1. The molecule has 0 bridgehead atoms. The second-order valence-corrected chi connectivity index (χ2v) is 7.56. The number of nitro groups is 2. The van der Waals surface area contributed by atoms with Crippen LogP contribution in [-0.4, -0.2) is 35.4 Å². The van der Waals surface area contributed by atoms with Crippen molar-refractivity contribution >= 4 is 27.5 Å². The zero-order chi connectivity index (χ0) is 20.2. The van der Waals surface area contributed by atoms with Crippen LogP contribution in [0.1, 0.15) is 48.9 Å². The third-order valence-electron chi connectivity index (χ3n) is 4.41. The first-order valence-corrected chi connectivity index (χ1v) is 9.62. The van der Waals surface area contributed by atoms with Crippen molar-refractivity contribution in [2.24, 2.45) is 5.92 Å². The molecule has 0 saturated heterocycles. The van der Waals surface area contributed by atoms with Gasteiger partial charge in [-0.3, -0.25) is 20.2 Å².